The lowest BCUT2D eigenvalue weighted by molar-refractivity contribution is 0.0267. The summed E-state index contributed by atoms with van der Waals surface area (Å²) >= 11 is 0. The monoisotopic (exact) mass is 185 g/mol. The van der Waals surface area contributed by atoms with Crippen molar-refractivity contribution in [2.75, 3.05) is 13.1 Å². The molecule has 0 aromatic rings. The molecule has 2 nitrogen and oxygen atoms in total. The summed E-state index contributed by atoms with van der Waals surface area (Å²) in [6.45, 7) is 10.5. The third kappa shape index (κ3) is 2.96. The highest BCUT2D eigenvalue weighted by Gasteiger charge is 2.28. The fraction of sp³-hybridized carbons (Fsp3) is 1.00. The standard InChI is InChI=1S/C11H23NO/c1-9-6-5-7-12(9)8-10(13)11(2,3)4/h9-10,13H,5-8H2,1-4H3. The van der Waals surface area contributed by atoms with E-state index in [0.29, 0.717) is 6.04 Å². The highest BCUT2D eigenvalue weighted by Crippen LogP contribution is 2.23. The van der Waals surface area contributed by atoms with Crippen LogP contribution in [0.5, 0.6) is 0 Å². The summed E-state index contributed by atoms with van der Waals surface area (Å²) < 4.78 is 0. The maximum absolute atomic E-state index is 9.92. The van der Waals surface area contributed by atoms with Crippen molar-refractivity contribution in [1.82, 2.24) is 4.90 Å². The van der Waals surface area contributed by atoms with Crippen LogP contribution in [-0.4, -0.2) is 35.2 Å². The molecule has 0 bridgehead atoms. The average molecular weight is 185 g/mol. The summed E-state index contributed by atoms with van der Waals surface area (Å²) in [5, 5.41) is 9.92. The maximum Gasteiger partial charge on any atom is 0.0715 e. The van der Waals surface area contributed by atoms with Crippen LogP contribution >= 0.6 is 0 Å². The van der Waals surface area contributed by atoms with E-state index in [1.165, 1.54) is 12.8 Å². The van der Waals surface area contributed by atoms with Gasteiger partial charge in [0.05, 0.1) is 6.10 Å². The lowest BCUT2D eigenvalue weighted by Crippen LogP contribution is -2.40. The van der Waals surface area contributed by atoms with Crippen LogP contribution in [0.2, 0.25) is 0 Å². The molecule has 0 spiro atoms. The van der Waals surface area contributed by atoms with E-state index in [2.05, 4.69) is 32.6 Å². The molecule has 78 valence electrons. The smallest absolute Gasteiger partial charge is 0.0715 e. The lowest BCUT2D eigenvalue weighted by atomic mass is 9.89. The fourth-order valence-electron chi connectivity index (χ4n) is 1.76. The highest BCUT2D eigenvalue weighted by molar-refractivity contribution is 4.82. The summed E-state index contributed by atoms with van der Waals surface area (Å²) in [5.41, 5.74) is 0.0162. The molecule has 2 heteroatoms. The molecule has 1 aliphatic rings. The van der Waals surface area contributed by atoms with Crippen LogP contribution in [0.3, 0.4) is 0 Å². The Morgan fingerprint density at radius 2 is 2.08 bits per heavy atom. The minimum atomic E-state index is -0.201. The summed E-state index contributed by atoms with van der Waals surface area (Å²) in [7, 11) is 0. The molecule has 1 N–H and O–H groups in total. The van der Waals surface area contributed by atoms with Crippen LogP contribution in [0.4, 0.5) is 0 Å². The molecule has 13 heavy (non-hydrogen) atoms. The van der Waals surface area contributed by atoms with Gasteiger partial charge in [-0.2, -0.15) is 0 Å². The minimum absolute atomic E-state index is 0.0162. The molecule has 0 aliphatic carbocycles. The zero-order chi connectivity index (χ0) is 10.1. The quantitative estimate of drug-likeness (QED) is 0.710. The normalized spacial score (nSPS) is 27.9. The first-order valence-corrected chi connectivity index (χ1v) is 5.33. The number of hydrogen-bond acceptors (Lipinski definition) is 2. The predicted molar refractivity (Wildman–Crippen MR) is 55.7 cm³/mol. The van der Waals surface area contributed by atoms with Gasteiger partial charge in [-0.05, 0) is 31.7 Å². The molecule has 2 atom stereocenters. The first kappa shape index (κ1) is 11.0. The number of rotatable bonds is 2. The molecule has 1 saturated heterocycles. The fourth-order valence-corrected chi connectivity index (χ4v) is 1.76. The van der Waals surface area contributed by atoms with Gasteiger partial charge in [0.25, 0.3) is 0 Å². The second-order valence-electron chi connectivity index (χ2n) is 5.37. The minimum Gasteiger partial charge on any atom is -0.391 e. The van der Waals surface area contributed by atoms with Crippen molar-refractivity contribution < 1.29 is 5.11 Å². The first-order chi connectivity index (χ1) is 5.91. The summed E-state index contributed by atoms with van der Waals surface area (Å²) in [5.74, 6) is 0. The Labute approximate surface area is 81.9 Å². The summed E-state index contributed by atoms with van der Waals surface area (Å²) in [6, 6.07) is 0.664. The Morgan fingerprint density at radius 3 is 2.46 bits per heavy atom. The van der Waals surface area contributed by atoms with Gasteiger partial charge in [0.1, 0.15) is 0 Å². The molecule has 0 amide bonds. The Bertz CT molecular complexity index is 162. The van der Waals surface area contributed by atoms with Gasteiger partial charge in [0.15, 0.2) is 0 Å². The van der Waals surface area contributed by atoms with Crippen LogP contribution in [0.1, 0.15) is 40.5 Å². The van der Waals surface area contributed by atoms with Gasteiger partial charge in [-0.3, -0.25) is 4.90 Å². The van der Waals surface area contributed by atoms with E-state index in [1.807, 2.05) is 0 Å². The number of β-amino-alcohol motifs (C(OH)–C–C–N with tert-alkyl or cyclic N) is 1. The van der Waals surface area contributed by atoms with Gasteiger partial charge in [-0.1, -0.05) is 20.8 Å². The molecule has 0 radical (unpaired) electrons. The van der Waals surface area contributed by atoms with Crippen molar-refractivity contribution in [1.29, 1.82) is 0 Å². The Balaban J connectivity index is 2.40. The Kier molecular flexibility index (Phi) is 3.36. The van der Waals surface area contributed by atoms with E-state index in [-0.39, 0.29) is 11.5 Å². The van der Waals surface area contributed by atoms with Crippen molar-refractivity contribution in [3.8, 4) is 0 Å². The van der Waals surface area contributed by atoms with Gasteiger partial charge in [-0.15, -0.1) is 0 Å². The van der Waals surface area contributed by atoms with E-state index >= 15 is 0 Å². The van der Waals surface area contributed by atoms with Gasteiger partial charge in [0.2, 0.25) is 0 Å². The predicted octanol–water partition coefficient (Wildman–Crippen LogP) is 1.88. The number of nitrogens with zero attached hydrogens (tertiary/aromatic N) is 1. The van der Waals surface area contributed by atoms with E-state index in [1.54, 1.807) is 0 Å². The van der Waals surface area contributed by atoms with Crippen molar-refractivity contribution in [2.45, 2.75) is 52.7 Å². The zero-order valence-electron chi connectivity index (χ0n) is 9.38. The van der Waals surface area contributed by atoms with E-state index in [0.717, 1.165) is 13.1 Å². The lowest BCUT2D eigenvalue weighted by Gasteiger charge is -2.31. The molecular weight excluding hydrogens is 162 g/mol. The third-order valence-corrected chi connectivity index (χ3v) is 3.10. The van der Waals surface area contributed by atoms with Crippen molar-refractivity contribution in [2.24, 2.45) is 5.41 Å². The molecule has 2 unspecified atom stereocenters. The Hall–Kier alpha value is -0.0800. The average Bonchev–Trinajstić information content (AvgIpc) is 2.34. The SMILES string of the molecule is CC1CCCN1CC(O)C(C)(C)C. The molecule has 1 aliphatic heterocycles. The second kappa shape index (κ2) is 3.97. The molecule has 1 heterocycles. The molecule has 1 fully saturated rings. The topological polar surface area (TPSA) is 23.5 Å². The molecule has 0 aromatic heterocycles. The third-order valence-electron chi connectivity index (χ3n) is 3.10. The largest absolute Gasteiger partial charge is 0.391 e. The molecular formula is C11H23NO. The summed E-state index contributed by atoms with van der Waals surface area (Å²) in [6.07, 6.45) is 2.38. The molecule has 0 saturated carbocycles. The van der Waals surface area contributed by atoms with Crippen LogP contribution in [0.25, 0.3) is 0 Å². The first-order valence-electron chi connectivity index (χ1n) is 5.33. The van der Waals surface area contributed by atoms with Crippen LogP contribution in [-0.2, 0) is 0 Å². The van der Waals surface area contributed by atoms with E-state index < -0.39 is 0 Å². The second-order valence-corrected chi connectivity index (χ2v) is 5.37. The number of aliphatic hydroxyl groups is 1. The van der Waals surface area contributed by atoms with Crippen LogP contribution < -0.4 is 0 Å². The zero-order valence-corrected chi connectivity index (χ0v) is 9.38. The van der Waals surface area contributed by atoms with Crippen molar-refractivity contribution in [3.63, 3.8) is 0 Å². The number of likely N-dealkylation sites (tertiary alicyclic amines) is 1. The van der Waals surface area contributed by atoms with Crippen molar-refractivity contribution in [3.05, 3.63) is 0 Å². The van der Waals surface area contributed by atoms with Gasteiger partial charge >= 0.3 is 0 Å². The van der Waals surface area contributed by atoms with Crippen molar-refractivity contribution >= 4 is 0 Å². The number of hydrogen-bond donors (Lipinski definition) is 1. The summed E-state index contributed by atoms with van der Waals surface area (Å²) in [4.78, 5) is 2.40. The van der Waals surface area contributed by atoms with Crippen LogP contribution in [0.15, 0.2) is 0 Å². The van der Waals surface area contributed by atoms with E-state index in [9.17, 15) is 5.11 Å². The molecule has 0 aromatic carbocycles. The highest BCUT2D eigenvalue weighted by atomic mass is 16.3. The van der Waals surface area contributed by atoms with Gasteiger partial charge in [-0.25, -0.2) is 0 Å². The van der Waals surface area contributed by atoms with E-state index in [4.69, 9.17) is 0 Å². The van der Waals surface area contributed by atoms with Gasteiger partial charge in [0, 0.05) is 12.6 Å². The van der Waals surface area contributed by atoms with Crippen LogP contribution in [0, 0.1) is 5.41 Å². The molecule has 1 rings (SSSR count). The Morgan fingerprint density at radius 1 is 1.46 bits per heavy atom. The number of aliphatic hydroxyl groups excluding tert-OH is 1. The van der Waals surface area contributed by atoms with Gasteiger partial charge < -0.3 is 5.11 Å². The maximum atomic E-state index is 9.92.